The number of nitrogens with one attached hydrogen (secondary N) is 1. The van der Waals surface area contributed by atoms with Crippen molar-refractivity contribution in [2.45, 2.75) is 26.8 Å². The molecule has 0 aliphatic rings. The van der Waals surface area contributed by atoms with Crippen LogP contribution >= 0.6 is 11.3 Å². The largest absolute Gasteiger partial charge is 0.480 e. The third-order valence-corrected chi connectivity index (χ3v) is 4.16. The Hall–Kier alpha value is -1.95. The van der Waals surface area contributed by atoms with E-state index in [0.29, 0.717) is 4.88 Å². The molecular formula is C13H14N2O3S. The highest BCUT2D eigenvalue weighted by atomic mass is 32.1. The Balaban J connectivity index is 2.41. The Morgan fingerprint density at radius 1 is 1.42 bits per heavy atom. The normalized spacial score (nSPS) is 12.4. The number of carboxylic acid groups (broad SMARTS) is 1. The van der Waals surface area contributed by atoms with Crippen LogP contribution in [0.25, 0.3) is 10.2 Å². The second-order valence-electron chi connectivity index (χ2n) is 4.40. The van der Waals surface area contributed by atoms with Crippen LogP contribution in [0.1, 0.15) is 27.7 Å². The number of thiophene rings is 1. The molecule has 19 heavy (non-hydrogen) atoms. The Morgan fingerprint density at radius 3 is 2.68 bits per heavy atom. The molecule has 2 aromatic rings. The van der Waals surface area contributed by atoms with Crippen molar-refractivity contribution in [2.75, 3.05) is 0 Å². The Labute approximate surface area is 114 Å². The van der Waals surface area contributed by atoms with Crippen LogP contribution in [0.5, 0.6) is 0 Å². The molecule has 0 fully saturated rings. The summed E-state index contributed by atoms with van der Waals surface area (Å²) >= 11 is 1.28. The van der Waals surface area contributed by atoms with Gasteiger partial charge in [0, 0.05) is 11.6 Å². The lowest BCUT2D eigenvalue weighted by atomic mass is 10.1. The average molecular weight is 278 g/mol. The maximum absolute atomic E-state index is 12.1. The van der Waals surface area contributed by atoms with Gasteiger partial charge in [-0.2, -0.15) is 0 Å². The number of aromatic nitrogens is 1. The van der Waals surface area contributed by atoms with Crippen molar-refractivity contribution in [3.8, 4) is 0 Å². The molecule has 5 nitrogen and oxygen atoms in total. The number of carbonyl (C=O) groups excluding carboxylic acids is 1. The SMILES string of the molecule is Cc1ccnc2sc(C(=O)N[C@H](C)C(=O)O)c(C)c12. The van der Waals surface area contributed by atoms with E-state index in [4.69, 9.17) is 5.11 Å². The van der Waals surface area contributed by atoms with E-state index in [0.717, 1.165) is 21.3 Å². The molecule has 0 saturated heterocycles. The molecule has 0 aliphatic heterocycles. The predicted octanol–water partition coefficient (Wildman–Crippen LogP) is 2.12. The number of aliphatic carboxylic acids is 1. The molecular weight excluding hydrogens is 264 g/mol. The van der Waals surface area contributed by atoms with E-state index in [2.05, 4.69) is 10.3 Å². The van der Waals surface area contributed by atoms with Gasteiger partial charge in [-0.1, -0.05) is 0 Å². The average Bonchev–Trinajstić information content (AvgIpc) is 2.68. The quantitative estimate of drug-likeness (QED) is 0.901. The summed E-state index contributed by atoms with van der Waals surface area (Å²) in [5.74, 6) is -1.42. The zero-order chi connectivity index (χ0) is 14.2. The number of aryl methyl sites for hydroxylation is 2. The number of carboxylic acids is 1. The molecule has 0 radical (unpaired) electrons. The fraction of sp³-hybridized carbons (Fsp3) is 0.308. The van der Waals surface area contributed by atoms with Crippen molar-refractivity contribution in [1.29, 1.82) is 0 Å². The van der Waals surface area contributed by atoms with Crippen molar-refractivity contribution in [3.63, 3.8) is 0 Å². The van der Waals surface area contributed by atoms with E-state index >= 15 is 0 Å². The Morgan fingerprint density at radius 2 is 2.11 bits per heavy atom. The zero-order valence-electron chi connectivity index (χ0n) is 10.9. The second-order valence-corrected chi connectivity index (χ2v) is 5.40. The van der Waals surface area contributed by atoms with Crippen LogP contribution in [0, 0.1) is 13.8 Å². The maximum atomic E-state index is 12.1. The summed E-state index contributed by atoms with van der Waals surface area (Å²) in [5.41, 5.74) is 1.91. The van der Waals surface area contributed by atoms with Gasteiger partial charge in [-0.05, 0) is 38.0 Å². The van der Waals surface area contributed by atoms with Gasteiger partial charge in [-0.25, -0.2) is 4.98 Å². The lowest BCUT2D eigenvalue weighted by Crippen LogP contribution is -2.38. The van der Waals surface area contributed by atoms with Crippen molar-refractivity contribution in [2.24, 2.45) is 0 Å². The first kappa shape index (κ1) is 13.5. The smallest absolute Gasteiger partial charge is 0.325 e. The van der Waals surface area contributed by atoms with Crippen LogP contribution in [0.3, 0.4) is 0 Å². The zero-order valence-corrected chi connectivity index (χ0v) is 11.7. The topological polar surface area (TPSA) is 79.3 Å². The molecule has 2 heterocycles. The number of hydrogen-bond donors (Lipinski definition) is 2. The fourth-order valence-electron chi connectivity index (χ4n) is 1.89. The van der Waals surface area contributed by atoms with Gasteiger partial charge in [0.15, 0.2) is 0 Å². The number of hydrogen-bond acceptors (Lipinski definition) is 4. The van der Waals surface area contributed by atoms with E-state index in [1.54, 1.807) is 6.20 Å². The van der Waals surface area contributed by atoms with Gasteiger partial charge < -0.3 is 10.4 Å². The molecule has 0 aliphatic carbocycles. The van der Waals surface area contributed by atoms with Gasteiger partial charge in [0.1, 0.15) is 10.9 Å². The third-order valence-electron chi connectivity index (χ3n) is 2.96. The molecule has 0 spiro atoms. The first-order valence-electron chi connectivity index (χ1n) is 5.80. The standard InChI is InChI=1S/C13H14N2O3S/c1-6-4-5-14-12-9(6)7(2)10(19-12)11(16)15-8(3)13(17)18/h4-5,8H,1-3H3,(H,15,16)(H,17,18)/t8-/m1/s1. The number of fused-ring (bicyclic) bond motifs is 1. The van der Waals surface area contributed by atoms with Crippen LogP contribution in [0.2, 0.25) is 0 Å². The first-order valence-corrected chi connectivity index (χ1v) is 6.62. The number of nitrogens with zero attached hydrogens (tertiary/aromatic N) is 1. The fourth-order valence-corrected chi connectivity index (χ4v) is 3.02. The summed E-state index contributed by atoms with van der Waals surface area (Å²) in [4.78, 5) is 28.4. The summed E-state index contributed by atoms with van der Waals surface area (Å²) in [5, 5.41) is 12.2. The summed E-state index contributed by atoms with van der Waals surface area (Å²) in [7, 11) is 0. The third kappa shape index (κ3) is 2.44. The highest BCUT2D eigenvalue weighted by Gasteiger charge is 2.20. The number of rotatable bonds is 3. The van der Waals surface area contributed by atoms with Crippen LogP contribution in [-0.4, -0.2) is 28.0 Å². The van der Waals surface area contributed by atoms with E-state index in [1.807, 2.05) is 19.9 Å². The van der Waals surface area contributed by atoms with Crippen molar-refractivity contribution in [3.05, 3.63) is 28.3 Å². The summed E-state index contributed by atoms with van der Waals surface area (Å²) in [6.45, 7) is 5.26. The summed E-state index contributed by atoms with van der Waals surface area (Å²) in [6, 6.07) is 0.982. The summed E-state index contributed by atoms with van der Waals surface area (Å²) < 4.78 is 0. The van der Waals surface area contributed by atoms with Crippen LogP contribution in [0.4, 0.5) is 0 Å². The number of pyridine rings is 1. The van der Waals surface area contributed by atoms with Gasteiger partial charge in [0.05, 0.1) is 4.88 Å². The highest BCUT2D eigenvalue weighted by Crippen LogP contribution is 2.31. The summed E-state index contributed by atoms with van der Waals surface area (Å²) in [6.07, 6.45) is 1.70. The van der Waals surface area contributed by atoms with Crippen LogP contribution < -0.4 is 5.32 Å². The van der Waals surface area contributed by atoms with Gasteiger partial charge in [-0.15, -0.1) is 11.3 Å². The van der Waals surface area contributed by atoms with Crippen molar-refractivity contribution >= 4 is 33.4 Å². The monoisotopic (exact) mass is 278 g/mol. The molecule has 2 aromatic heterocycles. The molecule has 2 N–H and O–H groups in total. The molecule has 100 valence electrons. The molecule has 1 amide bonds. The predicted molar refractivity (Wildman–Crippen MR) is 73.7 cm³/mol. The van der Waals surface area contributed by atoms with Gasteiger partial charge >= 0.3 is 5.97 Å². The molecule has 2 rings (SSSR count). The minimum atomic E-state index is -1.05. The molecule has 1 atom stereocenters. The number of amides is 1. The Bertz CT molecular complexity index is 663. The molecule has 0 bridgehead atoms. The first-order chi connectivity index (χ1) is 8.91. The van der Waals surface area contributed by atoms with E-state index in [1.165, 1.54) is 18.3 Å². The molecule has 0 aromatic carbocycles. The minimum Gasteiger partial charge on any atom is -0.480 e. The highest BCUT2D eigenvalue weighted by molar-refractivity contribution is 7.20. The molecule has 0 unspecified atom stereocenters. The maximum Gasteiger partial charge on any atom is 0.325 e. The van der Waals surface area contributed by atoms with Crippen LogP contribution in [0.15, 0.2) is 12.3 Å². The van der Waals surface area contributed by atoms with Crippen molar-refractivity contribution < 1.29 is 14.7 Å². The second kappa shape index (κ2) is 4.97. The van der Waals surface area contributed by atoms with E-state index < -0.39 is 12.0 Å². The number of carbonyl (C=O) groups is 2. The van der Waals surface area contributed by atoms with Gasteiger partial charge in [0.2, 0.25) is 0 Å². The van der Waals surface area contributed by atoms with Gasteiger partial charge in [-0.3, -0.25) is 9.59 Å². The minimum absolute atomic E-state index is 0.366. The van der Waals surface area contributed by atoms with Crippen molar-refractivity contribution in [1.82, 2.24) is 10.3 Å². The van der Waals surface area contributed by atoms with E-state index in [9.17, 15) is 9.59 Å². The van der Waals surface area contributed by atoms with Crippen LogP contribution in [-0.2, 0) is 4.79 Å². The van der Waals surface area contributed by atoms with Gasteiger partial charge in [0.25, 0.3) is 5.91 Å². The lowest BCUT2D eigenvalue weighted by molar-refractivity contribution is -0.138. The lowest BCUT2D eigenvalue weighted by Gasteiger charge is -2.08. The Kier molecular flexibility index (Phi) is 3.53. The molecule has 6 heteroatoms. The molecule has 0 saturated carbocycles. The van der Waals surface area contributed by atoms with E-state index in [-0.39, 0.29) is 5.91 Å².